The van der Waals surface area contributed by atoms with Gasteiger partial charge in [0.2, 0.25) is 0 Å². The molecule has 1 N–H and O–H groups in total. The molecule has 0 radical (unpaired) electrons. The van der Waals surface area contributed by atoms with Gasteiger partial charge in [0.15, 0.2) is 0 Å². The van der Waals surface area contributed by atoms with E-state index in [1.807, 2.05) is 0 Å². The van der Waals surface area contributed by atoms with Crippen molar-refractivity contribution in [3.8, 4) is 0 Å². The van der Waals surface area contributed by atoms with Crippen LogP contribution in [0.5, 0.6) is 0 Å². The molecule has 0 fully saturated rings. The summed E-state index contributed by atoms with van der Waals surface area (Å²) in [7, 11) is 0. The minimum absolute atomic E-state index is 0.0676. The first-order valence-corrected chi connectivity index (χ1v) is 5.97. The third kappa shape index (κ3) is 2.37. The van der Waals surface area contributed by atoms with E-state index in [9.17, 15) is 4.79 Å². The van der Waals surface area contributed by atoms with Crippen LogP contribution in [0.1, 0.15) is 35.8 Å². The van der Waals surface area contributed by atoms with E-state index in [1.165, 1.54) is 4.88 Å². The molecule has 1 aromatic rings. The Morgan fingerprint density at radius 3 is 3.00 bits per heavy atom. The van der Waals surface area contributed by atoms with E-state index < -0.39 is 5.97 Å². The van der Waals surface area contributed by atoms with Gasteiger partial charge < -0.3 is 5.11 Å². The molecule has 0 saturated heterocycles. The van der Waals surface area contributed by atoms with Gasteiger partial charge in [-0.25, -0.2) is 4.98 Å². The highest BCUT2D eigenvalue weighted by atomic mass is 32.1. The molecule has 15 heavy (non-hydrogen) atoms. The zero-order valence-corrected chi connectivity index (χ0v) is 9.86. The van der Waals surface area contributed by atoms with Crippen LogP contribution in [0.15, 0.2) is 0 Å². The monoisotopic (exact) mass is 225 g/mol. The molecule has 0 amide bonds. The lowest BCUT2D eigenvalue weighted by atomic mass is 9.79. The fraction of sp³-hybridized carbons (Fsp3) is 0.636. The Labute approximate surface area is 93.2 Å². The average molecular weight is 225 g/mol. The fourth-order valence-corrected chi connectivity index (χ4v) is 3.32. The minimum Gasteiger partial charge on any atom is -0.481 e. The second-order valence-electron chi connectivity index (χ2n) is 4.89. The predicted octanol–water partition coefficient (Wildman–Crippen LogP) is 2.29. The van der Waals surface area contributed by atoms with Gasteiger partial charge in [-0.3, -0.25) is 4.79 Å². The van der Waals surface area contributed by atoms with Crippen molar-refractivity contribution in [2.45, 2.75) is 39.5 Å². The molecule has 4 heteroatoms. The van der Waals surface area contributed by atoms with Crippen molar-refractivity contribution >= 4 is 17.3 Å². The number of fused-ring (bicyclic) bond motifs is 1. The van der Waals surface area contributed by atoms with E-state index in [-0.39, 0.29) is 6.42 Å². The normalized spacial score (nSPS) is 18.5. The summed E-state index contributed by atoms with van der Waals surface area (Å²) in [6.07, 6.45) is 3.26. The maximum Gasteiger partial charge on any atom is 0.310 e. The Balaban J connectivity index is 2.22. The summed E-state index contributed by atoms with van der Waals surface area (Å²) in [6, 6.07) is 0. The van der Waals surface area contributed by atoms with E-state index >= 15 is 0 Å². The Hall–Kier alpha value is -0.900. The number of hydrogen-bond donors (Lipinski definition) is 1. The third-order valence-electron chi connectivity index (χ3n) is 2.80. The molecule has 82 valence electrons. The van der Waals surface area contributed by atoms with Crippen LogP contribution in [-0.2, 0) is 24.1 Å². The summed E-state index contributed by atoms with van der Waals surface area (Å²) in [4.78, 5) is 16.3. The number of carboxylic acid groups (broad SMARTS) is 1. The molecule has 1 aliphatic carbocycles. The van der Waals surface area contributed by atoms with Gasteiger partial charge in [0, 0.05) is 4.88 Å². The molecule has 0 bridgehead atoms. The number of carboxylic acids is 1. The number of nitrogens with zero attached hydrogens (tertiary/aromatic N) is 1. The quantitative estimate of drug-likeness (QED) is 0.840. The van der Waals surface area contributed by atoms with Crippen molar-refractivity contribution < 1.29 is 9.90 Å². The van der Waals surface area contributed by atoms with Crippen LogP contribution in [0, 0.1) is 5.41 Å². The largest absolute Gasteiger partial charge is 0.481 e. The zero-order valence-electron chi connectivity index (χ0n) is 9.04. The lowest BCUT2D eigenvalue weighted by Crippen LogP contribution is -2.20. The SMILES string of the molecule is CC1(C)CCc2nc(CC(=O)O)sc2C1. The Morgan fingerprint density at radius 2 is 2.33 bits per heavy atom. The number of aliphatic carboxylic acids is 1. The minimum atomic E-state index is -0.791. The summed E-state index contributed by atoms with van der Waals surface area (Å²) >= 11 is 1.57. The summed E-state index contributed by atoms with van der Waals surface area (Å²) in [5.74, 6) is -0.791. The second-order valence-corrected chi connectivity index (χ2v) is 6.06. The van der Waals surface area contributed by atoms with Crippen LogP contribution in [0.2, 0.25) is 0 Å². The topological polar surface area (TPSA) is 50.2 Å². The van der Waals surface area contributed by atoms with Crippen LogP contribution in [-0.4, -0.2) is 16.1 Å². The van der Waals surface area contributed by atoms with Gasteiger partial charge in [-0.2, -0.15) is 0 Å². The first-order chi connectivity index (χ1) is 6.96. The molecule has 2 rings (SSSR count). The maximum atomic E-state index is 10.6. The molecule has 0 aromatic carbocycles. The van der Waals surface area contributed by atoms with Crippen molar-refractivity contribution in [3.05, 3.63) is 15.6 Å². The van der Waals surface area contributed by atoms with Gasteiger partial charge in [0.25, 0.3) is 0 Å². The van der Waals surface area contributed by atoms with Crippen LogP contribution < -0.4 is 0 Å². The van der Waals surface area contributed by atoms with Crippen LogP contribution >= 0.6 is 11.3 Å². The molecule has 0 aliphatic heterocycles. The number of hydrogen-bond acceptors (Lipinski definition) is 3. The number of rotatable bonds is 2. The van der Waals surface area contributed by atoms with Crippen LogP contribution in [0.4, 0.5) is 0 Å². The number of aryl methyl sites for hydroxylation is 1. The van der Waals surface area contributed by atoms with E-state index in [2.05, 4.69) is 18.8 Å². The molecule has 3 nitrogen and oxygen atoms in total. The second kappa shape index (κ2) is 3.59. The van der Waals surface area contributed by atoms with Crippen molar-refractivity contribution in [1.29, 1.82) is 0 Å². The Bertz CT molecular complexity index is 395. The van der Waals surface area contributed by atoms with E-state index in [1.54, 1.807) is 11.3 Å². The highest BCUT2D eigenvalue weighted by Gasteiger charge is 2.28. The molecule has 0 spiro atoms. The highest BCUT2D eigenvalue weighted by Crippen LogP contribution is 2.37. The van der Waals surface area contributed by atoms with Crippen molar-refractivity contribution in [1.82, 2.24) is 4.98 Å². The molecular formula is C11H15NO2S. The standard InChI is InChI=1S/C11H15NO2S/c1-11(2)4-3-7-8(6-11)15-9(12-7)5-10(13)14/h3-6H2,1-2H3,(H,13,14). The van der Waals surface area contributed by atoms with Crippen LogP contribution in [0.3, 0.4) is 0 Å². The molecule has 1 heterocycles. The van der Waals surface area contributed by atoms with E-state index in [0.717, 1.165) is 30.0 Å². The van der Waals surface area contributed by atoms with Crippen molar-refractivity contribution in [3.63, 3.8) is 0 Å². The zero-order chi connectivity index (χ0) is 11.1. The number of aromatic nitrogens is 1. The Kier molecular flexibility index (Phi) is 2.54. The van der Waals surface area contributed by atoms with Gasteiger partial charge >= 0.3 is 5.97 Å². The van der Waals surface area contributed by atoms with Crippen molar-refractivity contribution in [2.24, 2.45) is 5.41 Å². The first kappa shape index (κ1) is 10.6. The fourth-order valence-electron chi connectivity index (χ4n) is 1.96. The number of carbonyl (C=O) groups is 1. The lowest BCUT2D eigenvalue weighted by Gasteiger charge is -2.28. The maximum absolute atomic E-state index is 10.6. The molecule has 0 unspecified atom stereocenters. The summed E-state index contributed by atoms with van der Waals surface area (Å²) < 4.78 is 0. The lowest BCUT2D eigenvalue weighted by molar-refractivity contribution is -0.136. The van der Waals surface area contributed by atoms with Gasteiger partial charge in [-0.05, 0) is 24.7 Å². The first-order valence-electron chi connectivity index (χ1n) is 5.15. The smallest absolute Gasteiger partial charge is 0.310 e. The molecule has 1 aliphatic rings. The molecule has 0 atom stereocenters. The summed E-state index contributed by atoms with van der Waals surface area (Å²) in [6.45, 7) is 4.51. The summed E-state index contributed by atoms with van der Waals surface area (Å²) in [5, 5.41) is 9.45. The average Bonchev–Trinajstić information content (AvgIpc) is 2.42. The van der Waals surface area contributed by atoms with Gasteiger partial charge in [-0.1, -0.05) is 13.8 Å². The van der Waals surface area contributed by atoms with E-state index in [4.69, 9.17) is 5.11 Å². The predicted molar refractivity (Wildman–Crippen MR) is 59.3 cm³/mol. The van der Waals surface area contributed by atoms with Crippen LogP contribution in [0.25, 0.3) is 0 Å². The van der Waals surface area contributed by atoms with Crippen molar-refractivity contribution in [2.75, 3.05) is 0 Å². The third-order valence-corrected chi connectivity index (χ3v) is 3.90. The molecular weight excluding hydrogens is 210 g/mol. The Morgan fingerprint density at radius 1 is 1.60 bits per heavy atom. The van der Waals surface area contributed by atoms with Gasteiger partial charge in [0.1, 0.15) is 5.01 Å². The van der Waals surface area contributed by atoms with Gasteiger partial charge in [-0.15, -0.1) is 11.3 Å². The number of thiazole rings is 1. The summed E-state index contributed by atoms with van der Waals surface area (Å²) in [5.41, 5.74) is 1.48. The van der Waals surface area contributed by atoms with Gasteiger partial charge in [0.05, 0.1) is 12.1 Å². The highest BCUT2D eigenvalue weighted by molar-refractivity contribution is 7.11. The molecule has 0 saturated carbocycles. The molecule has 1 aromatic heterocycles. The van der Waals surface area contributed by atoms with E-state index in [0.29, 0.717) is 5.41 Å².